The molecule has 6 nitrogen and oxygen atoms in total. The highest BCUT2D eigenvalue weighted by Crippen LogP contribution is 2.26. The third-order valence-corrected chi connectivity index (χ3v) is 4.36. The van der Waals surface area contributed by atoms with Gasteiger partial charge in [0, 0.05) is 11.6 Å². The van der Waals surface area contributed by atoms with Gasteiger partial charge >= 0.3 is 5.97 Å². The minimum absolute atomic E-state index is 0.334. The molecule has 0 saturated carbocycles. The minimum atomic E-state index is -0.355. The van der Waals surface area contributed by atoms with E-state index >= 15 is 0 Å². The summed E-state index contributed by atoms with van der Waals surface area (Å²) in [4.78, 5) is 19.4. The fraction of sp³-hybridized carbons (Fsp3) is 0.0870. The second-order valence-corrected chi connectivity index (χ2v) is 6.27. The Labute approximate surface area is 167 Å². The van der Waals surface area contributed by atoms with Gasteiger partial charge in [-0.05, 0) is 43.3 Å². The lowest BCUT2D eigenvalue weighted by atomic mass is 10.1. The number of H-pyrrole nitrogens is 1. The quantitative estimate of drug-likeness (QED) is 0.384. The summed E-state index contributed by atoms with van der Waals surface area (Å²) in [6.45, 7) is 2.10. The van der Waals surface area contributed by atoms with Gasteiger partial charge in [0.05, 0.1) is 28.8 Å². The van der Waals surface area contributed by atoms with E-state index in [0.29, 0.717) is 35.1 Å². The molecule has 0 saturated heterocycles. The molecule has 0 amide bonds. The van der Waals surface area contributed by atoms with E-state index in [1.165, 1.54) is 0 Å². The van der Waals surface area contributed by atoms with Crippen molar-refractivity contribution in [3.63, 3.8) is 0 Å². The molecule has 0 fully saturated rings. The smallest absolute Gasteiger partial charge is 0.338 e. The Morgan fingerprint density at radius 1 is 1.17 bits per heavy atom. The van der Waals surface area contributed by atoms with Gasteiger partial charge in [-0.3, -0.25) is 0 Å². The molecule has 0 spiro atoms. The Kier molecular flexibility index (Phi) is 4.95. The number of imidazole rings is 1. The van der Waals surface area contributed by atoms with Crippen molar-refractivity contribution in [2.45, 2.75) is 6.92 Å². The van der Waals surface area contributed by atoms with Gasteiger partial charge in [-0.25, -0.2) is 9.78 Å². The van der Waals surface area contributed by atoms with Crippen LogP contribution in [0.2, 0.25) is 0 Å². The first-order chi connectivity index (χ1) is 14.2. The molecular weight excluding hydrogens is 366 g/mol. The number of aromatic amines is 1. The number of aromatic nitrogens is 2. The molecule has 2 aromatic carbocycles. The van der Waals surface area contributed by atoms with Crippen molar-refractivity contribution in [2.75, 3.05) is 6.61 Å². The Morgan fingerprint density at radius 2 is 1.97 bits per heavy atom. The number of benzene rings is 2. The number of para-hydroxylation sites is 2. The van der Waals surface area contributed by atoms with Crippen LogP contribution in [0.1, 0.15) is 28.9 Å². The number of carbonyl (C=O) groups is 1. The standard InChI is InChI=1S/C23H17N3O3/c1-2-28-23(27)16-9-7-15(8-10-16)21-12-11-18(29-21)13-17(14-24)22-25-19-5-3-4-6-20(19)26-22/h3-13H,2H2,1H3,(H,25,26)/b17-13-. The third-order valence-electron chi connectivity index (χ3n) is 4.36. The SMILES string of the molecule is CCOC(=O)c1ccc(-c2ccc(/C=C(/C#N)c3nc4ccccc4[nH]3)o2)cc1. The molecule has 0 aliphatic heterocycles. The Hall–Kier alpha value is -4.11. The van der Waals surface area contributed by atoms with Gasteiger partial charge in [0.1, 0.15) is 23.4 Å². The maximum atomic E-state index is 11.8. The lowest BCUT2D eigenvalue weighted by Crippen LogP contribution is -2.03. The topological polar surface area (TPSA) is 91.9 Å². The molecule has 0 atom stereocenters. The summed E-state index contributed by atoms with van der Waals surface area (Å²) in [5, 5.41) is 9.55. The largest absolute Gasteiger partial charge is 0.462 e. The Balaban J connectivity index is 1.59. The number of rotatable bonds is 5. The highest BCUT2D eigenvalue weighted by molar-refractivity contribution is 5.90. The first-order valence-electron chi connectivity index (χ1n) is 9.12. The zero-order valence-electron chi connectivity index (χ0n) is 15.7. The lowest BCUT2D eigenvalue weighted by molar-refractivity contribution is 0.0526. The zero-order chi connectivity index (χ0) is 20.2. The van der Waals surface area contributed by atoms with Crippen molar-refractivity contribution in [3.05, 3.63) is 77.8 Å². The second kappa shape index (κ2) is 7.87. The molecule has 0 radical (unpaired) electrons. The van der Waals surface area contributed by atoms with Crippen molar-refractivity contribution in [2.24, 2.45) is 0 Å². The number of nitriles is 1. The zero-order valence-corrected chi connectivity index (χ0v) is 15.7. The van der Waals surface area contributed by atoms with Gasteiger partial charge < -0.3 is 14.1 Å². The van der Waals surface area contributed by atoms with E-state index in [-0.39, 0.29) is 5.97 Å². The van der Waals surface area contributed by atoms with Crippen LogP contribution in [0.5, 0.6) is 0 Å². The fourth-order valence-corrected chi connectivity index (χ4v) is 2.95. The van der Waals surface area contributed by atoms with Crippen molar-refractivity contribution in [3.8, 4) is 17.4 Å². The average Bonchev–Trinajstić information content (AvgIpc) is 3.39. The van der Waals surface area contributed by atoms with Crippen LogP contribution in [0.15, 0.2) is 65.1 Å². The van der Waals surface area contributed by atoms with Crippen LogP contribution in [0.3, 0.4) is 0 Å². The summed E-state index contributed by atoms with van der Waals surface area (Å²) >= 11 is 0. The third kappa shape index (κ3) is 3.80. The summed E-state index contributed by atoms with van der Waals surface area (Å²) in [6, 6.07) is 20.3. The molecule has 0 bridgehead atoms. The highest BCUT2D eigenvalue weighted by atomic mass is 16.5. The maximum absolute atomic E-state index is 11.8. The van der Waals surface area contributed by atoms with Crippen LogP contribution < -0.4 is 0 Å². The first kappa shape index (κ1) is 18.3. The fourth-order valence-electron chi connectivity index (χ4n) is 2.95. The van der Waals surface area contributed by atoms with Crippen LogP contribution in [-0.4, -0.2) is 22.5 Å². The predicted octanol–water partition coefficient (Wildman–Crippen LogP) is 5.06. The molecule has 142 valence electrons. The number of nitrogens with zero attached hydrogens (tertiary/aromatic N) is 2. The Bertz CT molecular complexity index is 1210. The molecule has 2 heterocycles. The highest BCUT2D eigenvalue weighted by Gasteiger charge is 2.11. The summed E-state index contributed by atoms with van der Waals surface area (Å²) in [5.74, 6) is 1.30. The molecule has 6 heteroatoms. The van der Waals surface area contributed by atoms with Gasteiger partial charge in [-0.2, -0.15) is 5.26 Å². The molecule has 1 N–H and O–H groups in total. The number of nitrogens with one attached hydrogen (secondary N) is 1. The van der Waals surface area contributed by atoms with Crippen LogP contribution in [0, 0.1) is 11.3 Å². The van der Waals surface area contributed by atoms with Crippen molar-refractivity contribution >= 4 is 28.7 Å². The van der Waals surface area contributed by atoms with Crippen LogP contribution in [0.4, 0.5) is 0 Å². The van der Waals surface area contributed by atoms with Gasteiger partial charge in [-0.15, -0.1) is 0 Å². The number of allylic oxidation sites excluding steroid dienone is 1. The number of hydrogen-bond donors (Lipinski definition) is 1. The van der Waals surface area contributed by atoms with Crippen LogP contribution in [0.25, 0.3) is 34.0 Å². The first-order valence-corrected chi connectivity index (χ1v) is 9.12. The van der Waals surface area contributed by atoms with E-state index in [1.54, 1.807) is 43.3 Å². The molecule has 4 aromatic rings. The van der Waals surface area contributed by atoms with Gasteiger partial charge in [0.25, 0.3) is 0 Å². The van der Waals surface area contributed by atoms with Crippen LogP contribution >= 0.6 is 0 Å². The van der Waals surface area contributed by atoms with E-state index in [2.05, 4.69) is 16.0 Å². The monoisotopic (exact) mass is 383 g/mol. The summed E-state index contributed by atoms with van der Waals surface area (Å²) in [7, 11) is 0. The van der Waals surface area contributed by atoms with E-state index in [4.69, 9.17) is 9.15 Å². The molecule has 29 heavy (non-hydrogen) atoms. The lowest BCUT2D eigenvalue weighted by Gasteiger charge is -2.02. The van der Waals surface area contributed by atoms with Gasteiger partial charge in [0.2, 0.25) is 0 Å². The number of esters is 1. The van der Waals surface area contributed by atoms with E-state index < -0.39 is 0 Å². The average molecular weight is 383 g/mol. The molecule has 0 aliphatic rings. The van der Waals surface area contributed by atoms with Gasteiger partial charge in [0.15, 0.2) is 0 Å². The maximum Gasteiger partial charge on any atom is 0.338 e. The second-order valence-electron chi connectivity index (χ2n) is 6.27. The normalized spacial score (nSPS) is 11.4. The minimum Gasteiger partial charge on any atom is -0.462 e. The molecule has 4 rings (SSSR count). The van der Waals surface area contributed by atoms with E-state index in [1.807, 2.05) is 30.3 Å². The summed E-state index contributed by atoms with van der Waals surface area (Å²) in [6.07, 6.45) is 1.65. The van der Waals surface area contributed by atoms with Crippen molar-refractivity contribution in [1.82, 2.24) is 9.97 Å². The molecule has 0 aliphatic carbocycles. The number of furan rings is 1. The Morgan fingerprint density at radius 3 is 2.69 bits per heavy atom. The number of hydrogen-bond acceptors (Lipinski definition) is 5. The predicted molar refractivity (Wildman–Crippen MR) is 110 cm³/mol. The number of ether oxygens (including phenoxy) is 1. The molecule has 0 unspecified atom stereocenters. The van der Waals surface area contributed by atoms with Crippen molar-refractivity contribution in [1.29, 1.82) is 5.26 Å². The molecular formula is C23H17N3O3. The number of fused-ring (bicyclic) bond motifs is 1. The number of carbonyl (C=O) groups excluding carboxylic acids is 1. The van der Waals surface area contributed by atoms with E-state index in [0.717, 1.165) is 16.6 Å². The van der Waals surface area contributed by atoms with Crippen LogP contribution in [-0.2, 0) is 4.74 Å². The molecule has 2 aromatic heterocycles. The summed E-state index contributed by atoms with van der Waals surface area (Å²) in [5.41, 5.74) is 3.34. The summed E-state index contributed by atoms with van der Waals surface area (Å²) < 4.78 is 10.8. The van der Waals surface area contributed by atoms with Crippen molar-refractivity contribution < 1.29 is 13.9 Å². The van der Waals surface area contributed by atoms with Gasteiger partial charge in [-0.1, -0.05) is 24.3 Å². The van der Waals surface area contributed by atoms with E-state index in [9.17, 15) is 10.1 Å².